The van der Waals surface area contributed by atoms with Crippen LogP contribution in [0.3, 0.4) is 0 Å². The second-order valence-electron chi connectivity index (χ2n) is 4.99. The first-order valence-corrected chi connectivity index (χ1v) is 6.94. The fourth-order valence-corrected chi connectivity index (χ4v) is 2.57. The summed E-state index contributed by atoms with van der Waals surface area (Å²) in [5.41, 5.74) is 1.17. The van der Waals surface area contributed by atoms with E-state index in [4.69, 9.17) is 4.74 Å². The highest BCUT2D eigenvalue weighted by Crippen LogP contribution is 2.20. The van der Waals surface area contributed by atoms with Crippen LogP contribution in [-0.2, 0) is 0 Å². The number of ether oxygens (including phenoxy) is 1. The third kappa shape index (κ3) is 3.64. The molecule has 0 bridgehead atoms. The lowest BCUT2D eigenvalue weighted by Crippen LogP contribution is -2.39. The predicted octanol–water partition coefficient (Wildman–Crippen LogP) is 2.98. The van der Waals surface area contributed by atoms with Gasteiger partial charge in [-0.25, -0.2) is 0 Å². The van der Waals surface area contributed by atoms with Gasteiger partial charge in [0.15, 0.2) is 0 Å². The van der Waals surface area contributed by atoms with Crippen molar-refractivity contribution in [3.05, 3.63) is 24.3 Å². The van der Waals surface area contributed by atoms with Crippen LogP contribution in [0.25, 0.3) is 0 Å². The van der Waals surface area contributed by atoms with E-state index >= 15 is 0 Å². The van der Waals surface area contributed by atoms with E-state index in [1.54, 1.807) is 7.11 Å². The highest BCUT2D eigenvalue weighted by Gasteiger charge is 2.18. The zero-order valence-corrected chi connectivity index (χ0v) is 11.5. The van der Waals surface area contributed by atoms with E-state index in [-0.39, 0.29) is 0 Å². The van der Waals surface area contributed by atoms with Crippen LogP contribution in [0.2, 0.25) is 0 Å². The van der Waals surface area contributed by atoms with E-state index in [0.717, 1.165) is 5.75 Å². The minimum absolute atomic E-state index is 0.602. The van der Waals surface area contributed by atoms with Gasteiger partial charge in [0.25, 0.3) is 0 Å². The molecule has 1 saturated heterocycles. The summed E-state index contributed by atoms with van der Waals surface area (Å²) in [5.74, 6) is 0.920. The van der Waals surface area contributed by atoms with Crippen molar-refractivity contribution in [2.75, 3.05) is 32.1 Å². The molecule has 1 aliphatic heterocycles. The molecule has 0 aromatic heterocycles. The molecule has 0 amide bonds. The van der Waals surface area contributed by atoms with E-state index in [2.05, 4.69) is 29.3 Å². The predicted molar refractivity (Wildman–Crippen MR) is 76.4 cm³/mol. The summed E-state index contributed by atoms with van der Waals surface area (Å²) in [7, 11) is 1.71. The van der Waals surface area contributed by atoms with Gasteiger partial charge in [0.1, 0.15) is 5.75 Å². The minimum atomic E-state index is 0.602. The van der Waals surface area contributed by atoms with Gasteiger partial charge in [-0.2, -0.15) is 0 Å². The molecule has 3 nitrogen and oxygen atoms in total. The lowest BCUT2D eigenvalue weighted by molar-refractivity contribution is 0.219. The van der Waals surface area contributed by atoms with Crippen LogP contribution in [0.5, 0.6) is 5.75 Å². The molecule has 1 heterocycles. The van der Waals surface area contributed by atoms with Crippen molar-refractivity contribution >= 4 is 5.69 Å². The van der Waals surface area contributed by atoms with Crippen molar-refractivity contribution in [1.29, 1.82) is 0 Å². The Kier molecular flexibility index (Phi) is 4.88. The van der Waals surface area contributed by atoms with Crippen LogP contribution in [0.1, 0.15) is 26.2 Å². The molecule has 0 spiro atoms. The molecule has 100 valence electrons. The summed E-state index contributed by atoms with van der Waals surface area (Å²) >= 11 is 0. The van der Waals surface area contributed by atoms with Gasteiger partial charge in [-0.15, -0.1) is 0 Å². The standard InChI is InChI=1S/C15H24N2O/c1-3-9-17-10-7-13(8-11-17)16-14-5-4-6-15(12-14)18-2/h4-6,12-13,16H,3,7-11H2,1-2H3. The molecule has 1 aromatic carbocycles. The third-order valence-electron chi connectivity index (χ3n) is 3.57. The first-order valence-electron chi connectivity index (χ1n) is 6.94. The van der Waals surface area contributed by atoms with Crippen molar-refractivity contribution in [2.45, 2.75) is 32.2 Å². The maximum absolute atomic E-state index is 5.24. The van der Waals surface area contributed by atoms with E-state index in [0.29, 0.717) is 6.04 Å². The monoisotopic (exact) mass is 248 g/mol. The number of benzene rings is 1. The fourth-order valence-electron chi connectivity index (χ4n) is 2.57. The lowest BCUT2D eigenvalue weighted by atomic mass is 10.0. The van der Waals surface area contributed by atoms with Crippen molar-refractivity contribution in [1.82, 2.24) is 4.90 Å². The van der Waals surface area contributed by atoms with Crippen molar-refractivity contribution in [3.8, 4) is 5.75 Å². The molecule has 18 heavy (non-hydrogen) atoms. The number of hydrogen-bond donors (Lipinski definition) is 1. The summed E-state index contributed by atoms with van der Waals surface area (Å²) in [4.78, 5) is 2.56. The molecule has 0 unspecified atom stereocenters. The maximum atomic E-state index is 5.24. The van der Waals surface area contributed by atoms with Crippen LogP contribution in [-0.4, -0.2) is 37.7 Å². The lowest BCUT2D eigenvalue weighted by Gasteiger charge is -2.32. The third-order valence-corrected chi connectivity index (χ3v) is 3.57. The number of nitrogens with zero attached hydrogens (tertiary/aromatic N) is 1. The molecule has 2 rings (SSSR count). The van der Waals surface area contributed by atoms with E-state index in [1.165, 1.54) is 44.6 Å². The maximum Gasteiger partial charge on any atom is 0.120 e. The van der Waals surface area contributed by atoms with Gasteiger partial charge < -0.3 is 15.0 Å². The number of nitrogens with one attached hydrogen (secondary N) is 1. The molecule has 1 N–H and O–H groups in total. The molecule has 1 aromatic rings. The summed E-state index contributed by atoms with van der Waals surface area (Å²) < 4.78 is 5.24. The number of methoxy groups -OCH3 is 1. The number of anilines is 1. The van der Waals surface area contributed by atoms with Crippen LogP contribution < -0.4 is 10.1 Å². The molecule has 0 saturated carbocycles. The van der Waals surface area contributed by atoms with Crippen LogP contribution >= 0.6 is 0 Å². The summed E-state index contributed by atoms with van der Waals surface area (Å²) in [5, 5.41) is 3.61. The zero-order valence-electron chi connectivity index (χ0n) is 11.5. The number of hydrogen-bond acceptors (Lipinski definition) is 3. The number of piperidine rings is 1. The first kappa shape index (κ1) is 13.2. The van der Waals surface area contributed by atoms with Gasteiger partial charge in [-0.1, -0.05) is 13.0 Å². The van der Waals surface area contributed by atoms with Gasteiger partial charge in [0, 0.05) is 30.9 Å². The Balaban J connectivity index is 1.83. The summed E-state index contributed by atoms with van der Waals surface area (Å²) in [6.45, 7) is 5.93. The van der Waals surface area contributed by atoms with Gasteiger partial charge >= 0.3 is 0 Å². The fraction of sp³-hybridized carbons (Fsp3) is 0.600. The van der Waals surface area contributed by atoms with E-state index < -0.39 is 0 Å². The zero-order chi connectivity index (χ0) is 12.8. The molecule has 0 atom stereocenters. The van der Waals surface area contributed by atoms with Gasteiger partial charge in [-0.3, -0.25) is 0 Å². The Bertz CT molecular complexity index is 359. The molecule has 3 heteroatoms. The van der Waals surface area contributed by atoms with Gasteiger partial charge in [0.05, 0.1) is 7.11 Å². The summed E-state index contributed by atoms with van der Waals surface area (Å²) in [6.07, 6.45) is 3.72. The van der Waals surface area contributed by atoms with Gasteiger partial charge in [-0.05, 0) is 37.9 Å². The van der Waals surface area contributed by atoms with E-state index in [1.807, 2.05) is 12.1 Å². The molecule has 0 aliphatic carbocycles. The molecule has 0 radical (unpaired) electrons. The second kappa shape index (κ2) is 6.64. The Hall–Kier alpha value is -1.22. The highest BCUT2D eigenvalue weighted by atomic mass is 16.5. The average molecular weight is 248 g/mol. The Morgan fingerprint density at radius 2 is 2.11 bits per heavy atom. The second-order valence-corrected chi connectivity index (χ2v) is 4.99. The van der Waals surface area contributed by atoms with Crippen LogP contribution in [0.15, 0.2) is 24.3 Å². The minimum Gasteiger partial charge on any atom is -0.497 e. The normalized spacial score (nSPS) is 17.7. The average Bonchev–Trinajstić information content (AvgIpc) is 2.42. The Morgan fingerprint density at radius 1 is 1.33 bits per heavy atom. The van der Waals surface area contributed by atoms with Crippen molar-refractivity contribution in [2.24, 2.45) is 0 Å². The van der Waals surface area contributed by atoms with Crippen molar-refractivity contribution in [3.63, 3.8) is 0 Å². The SMILES string of the molecule is CCCN1CCC(Nc2cccc(OC)c2)CC1. The van der Waals surface area contributed by atoms with Crippen LogP contribution in [0.4, 0.5) is 5.69 Å². The molecule has 1 aliphatic rings. The quantitative estimate of drug-likeness (QED) is 0.867. The van der Waals surface area contributed by atoms with Gasteiger partial charge in [0.2, 0.25) is 0 Å². The van der Waals surface area contributed by atoms with E-state index in [9.17, 15) is 0 Å². The summed E-state index contributed by atoms with van der Waals surface area (Å²) in [6, 6.07) is 8.80. The Labute approximate surface area is 110 Å². The Morgan fingerprint density at radius 3 is 2.78 bits per heavy atom. The largest absolute Gasteiger partial charge is 0.497 e. The molecular weight excluding hydrogens is 224 g/mol. The molecular formula is C15H24N2O. The van der Waals surface area contributed by atoms with Crippen LogP contribution in [0, 0.1) is 0 Å². The first-order chi connectivity index (χ1) is 8.81. The smallest absolute Gasteiger partial charge is 0.120 e. The molecule has 1 fully saturated rings. The van der Waals surface area contributed by atoms with Crippen molar-refractivity contribution < 1.29 is 4.74 Å². The number of likely N-dealkylation sites (tertiary alicyclic amines) is 1. The number of rotatable bonds is 5. The highest BCUT2D eigenvalue weighted by molar-refractivity contribution is 5.48. The topological polar surface area (TPSA) is 24.5 Å².